The van der Waals surface area contributed by atoms with Gasteiger partial charge in [0.15, 0.2) is 0 Å². The Morgan fingerprint density at radius 2 is 1.90 bits per heavy atom. The monoisotopic (exact) mass is 304 g/mol. The lowest BCUT2D eigenvalue weighted by Crippen LogP contribution is -2.41. The van der Waals surface area contributed by atoms with Crippen molar-refractivity contribution in [1.82, 2.24) is 4.90 Å². The van der Waals surface area contributed by atoms with Gasteiger partial charge in [0.25, 0.3) is 0 Å². The first-order valence-electron chi connectivity index (χ1n) is 6.53. The van der Waals surface area contributed by atoms with Gasteiger partial charge in [-0.1, -0.05) is 19.1 Å². The lowest BCUT2D eigenvalue weighted by molar-refractivity contribution is -0.162. The first kappa shape index (κ1) is 17.3. The number of nitrogens with two attached hydrogens (primary N) is 1. The maximum atomic E-state index is 12.4. The van der Waals surface area contributed by atoms with E-state index < -0.39 is 25.2 Å². The van der Waals surface area contributed by atoms with Gasteiger partial charge in [0, 0.05) is 18.7 Å². The van der Waals surface area contributed by atoms with Crippen LogP contribution in [0, 0.1) is 0 Å². The molecule has 1 amide bonds. The lowest BCUT2D eigenvalue weighted by atomic mass is 9.97. The third-order valence-corrected chi connectivity index (χ3v) is 3.08. The molecule has 0 fully saturated rings. The summed E-state index contributed by atoms with van der Waals surface area (Å²) in [5.74, 6) is -0.863. The Balaban J connectivity index is 2.69. The number of aliphatic hydroxyl groups excluding tert-OH is 1. The molecular formula is C14H19F3N2O2. The first-order chi connectivity index (χ1) is 9.73. The minimum absolute atomic E-state index is 0.0556. The van der Waals surface area contributed by atoms with E-state index in [1.54, 1.807) is 31.2 Å². The van der Waals surface area contributed by atoms with Crippen LogP contribution in [0.3, 0.4) is 0 Å². The average molecular weight is 304 g/mol. The smallest absolute Gasteiger partial charge is 0.399 e. The minimum atomic E-state index is -4.48. The van der Waals surface area contributed by atoms with Crippen molar-refractivity contribution in [2.45, 2.75) is 25.4 Å². The van der Waals surface area contributed by atoms with E-state index in [4.69, 9.17) is 10.8 Å². The summed E-state index contributed by atoms with van der Waals surface area (Å²) in [4.78, 5) is 12.6. The minimum Gasteiger partial charge on any atom is -0.399 e. The van der Waals surface area contributed by atoms with E-state index in [2.05, 4.69) is 0 Å². The molecule has 0 spiro atoms. The summed E-state index contributed by atoms with van der Waals surface area (Å²) in [6.45, 7) is -0.417. The van der Waals surface area contributed by atoms with E-state index in [0.717, 1.165) is 5.56 Å². The summed E-state index contributed by atoms with van der Waals surface area (Å²) in [6.07, 6.45) is -4.53. The Kier molecular flexibility index (Phi) is 6.02. The molecule has 1 aromatic carbocycles. The highest BCUT2D eigenvalue weighted by Crippen LogP contribution is 2.23. The second-order valence-corrected chi connectivity index (χ2v) is 4.93. The fourth-order valence-electron chi connectivity index (χ4n) is 1.96. The predicted molar refractivity (Wildman–Crippen MR) is 73.6 cm³/mol. The van der Waals surface area contributed by atoms with Crippen LogP contribution in [0.15, 0.2) is 24.3 Å². The highest BCUT2D eigenvalue weighted by atomic mass is 19.4. The first-order valence-corrected chi connectivity index (χ1v) is 6.53. The van der Waals surface area contributed by atoms with Crippen LogP contribution in [0.4, 0.5) is 18.9 Å². The topological polar surface area (TPSA) is 66.6 Å². The maximum Gasteiger partial charge on any atom is 0.406 e. The molecule has 118 valence electrons. The molecule has 1 rings (SSSR count). The van der Waals surface area contributed by atoms with Crippen molar-refractivity contribution in [3.63, 3.8) is 0 Å². The molecule has 0 radical (unpaired) electrons. The number of aliphatic hydroxyl groups is 1. The Morgan fingerprint density at radius 1 is 1.33 bits per heavy atom. The van der Waals surface area contributed by atoms with Crippen LogP contribution in [0.1, 0.15) is 24.8 Å². The number of amides is 1. The van der Waals surface area contributed by atoms with Gasteiger partial charge in [-0.2, -0.15) is 13.2 Å². The molecule has 0 aliphatic rings. The molecule has 21 heavy (non-hydrogen) atoms. The molecule has 3 N–H and O–H groups in total. The SMILES string of the molecule is CC(CC(=O)N(CCO)CC(F)(F)F)c1ccc(N)cc1. The highest BCUT2D eigenvalue weighted by molar-refractivity contribution is 5.77. The van der Waals surface area contributed by atoms with Crippen molar-refractivity contribution in [1.29, 1.82) is 0 Å². The summed E-state index contributed by atoms with van der Waals surface area (Å²) in [5, 5.41) is 8.79. The molecule has 0 aliphatic carbocycles. The van der Waals surface area contributed by atoms with Crippen LogP contribution in [0.2, 0.25) is 0 Å². The number of carbonyl (C=O) groups is 1. The van der Waals surface area contributed by atoms with Crippen molar-refractivity contribution in [2.24, 2.45) is 0 Å². The zero-order valence-corrected chi connectivity index (χ0v) is 11.7. The molecule has 1 aromatic rings. The number of nitrogens with zero attached hydrogens (tertiary/aromatic N) is 1. The van der Waals surface area contributed by atoms with Crippen LogP contribution in [-0.2, 0) is 4.79 Å². The van der Waals surface area contributed by atoms with Gasteiger partial charge in [0.2, 0.25) is 5.91 Å². The van der Waals surface area contributed by atoms with Crippen molar-refractivity contribution in [3.8, 4) is 0 Å². The van der Waals surface area contributed by atoms with Gasteiger partial charge in [-0.15, -0.1) is 0 Å². The normalized spacial score (nSPS) is 13.0. The molecule has 7 heteroatoms. The van der Waals surface area contributed by atoms with E-state index in [0.29, 0.717) is 10.6 Å². The zero-order valence-electron chi connectivity index (χ0n) is 11.7. The molecule has 4 nitrogen and oxygen atoms in total. The third kappa shape index (κ3) is 6.03. The summed E-state index contributed by atoms with van der Waals surface area (Å²) in [7, 11) is 0. The number of nitrogen functional groups attached to an aromatic ring is 1. The standard InChI is InChI=1S/C14H19F3N2O2/c1-10(11-2-4-12(18)5-3-11)8-13(21)19(6-7-20)9-14(15,16)17/h2-5,10,20H,6-9,18H2,1H3. The Labute approximate surface area is 121 Å². The number of alkyl halides is 3. The molecule has 0 saturated carbocycles. The average Bonchev–Trinajstić information content (AvgIpc) is 2.37. The van der Waals surface area contributed by atoms with Crippen molar-refractivity contribution < 1.29 is 23.1 Å². The largest absolute Gasteiger partial charge is 0.406 e. The van der Waals surface area contributed by atoms with Gasteiger partial charge in [-0.25, -0.2) is 0 Å². The van der Waals surface area contributed by atoms with E-state index >= 15 is 0 Å². The number of anilines is 1. The predicted octanol–water partition coefficient (Wildman–Crippen LogP) is 2.15. The number of hydrogen-bond acceptors (Lipinski definition) is 3. The molecule has 0 aliphatic heterocycles. The molecule has 0 heterocycles. The van der Waals surface area contributed by atoms with E-state index in [1.165, 1.54) is 0 Å². The van der Waals surface area contributed by atoms with Crippen molar-refractivity contribution >= 4 is 11.6 Å². The quantitative estimate of drug-likeness (QED) is 0.791. The number of hydrogen-bond donors (Lipinski definition) is 2. The Bertz CT molecular complexity index is 460. The summed E-state index contributed by atoms with van der Waals surface area (Å²) in [5.41, 5.74) is 6.96. The maximum absolute atomic E-state index is 12.4. The second-order valence-electron chi connectivity index (χ2n) is 4.93. The molecule has 1 unspecified atom stereocenters. The molecule has 0 saturated heterocycles. The van der Waals surface area contributed by atoms with Gasteiger partial charge in [-0.3, -0.25) is 4.79 Å². The van der Waals surface area contributed by atoms with E-state index in [9.17, 15) is 18.0 Å². The fourth-order valence-corrected chi connectivity index (χ4v) is 1.96. The molecule has 1 atom stereocenters. The number of benzene rings is 1. The van der Waals surface area contributed by atoms with Crippen molar-refractivity contribution in [2.75, 3.05) is 25.4 Å². The molecule has 0 bridgehead atoms. The summed E-state index contributed by atoms with van der Waals surface area (Å²) in [6, 6.07) is 6.84. The number of rotatable bonds is 6. The lowest BCUT2D eigenvalue weighted by Gasteiger charge is -2.24. The van der Waals surface area contributed by atoms with Crippen LogP contribution in [0.5, 0.6) is 0 Å². The molecular weight excluding hydrogens is 285 g/mol. The van der Waals surface area contributed by atoms with Gasteiger partial charge >= 0.3 is 6.18 Å². The number of carbonyl (C=O) groups excluding carboxylic acids is 1. The Morgan fingerprint density at radius 3 is 2.38 bits per heavy atom. The van der Waals surface area contributed by atoms with Crippen LogP contribution in [-0.4, -0.2) is 41.8 Å². The fraction of sp³-hybridized carbons (Fsp3) is 0.500. The van der Waals surface area contributed by atoms with Crippen LogP contribution in [0.25, 0.3) is 0 Å². The van der Waals surface area contributed by atoms with Crippen LogP contribution < -0.4 is 5.73 Å². The second kappa shape index (κ2) is 7.31. The van der Waals surface area contributed by atoms with Crippen molar-refractivity contribution in [3.05, 3.63) is 29.8 Å². The summed E-state index contributed by atoms with van der Waals surface area (Å²) < 4.78 is 37.2. The third-order valence-electron chi connectivity index (χ3n) is 3.08. The molecule has 0 aromatic heterocycles. The van der Waals surface area contributed by atoms with Gasteiger partial charge in [0.05, 0.1) is 6.61 Å². The number of halogens is 3. The van der Waals surface area contributed by atoms with Crippen LogP contribution >= 0.6 is 0 Å². The van der Waals surface area contributed by atoms with Gasteiger partial charge in [0.1, 0.15) is 6.54 Å². The Hall–Kier alpha value is -1.76. The van der Waals surface area contributed by atoms with E-state index in [1.807, 2.05) is 0 Å². The van der Waals surface area contributed by atoms with Gasteiger partial charge < -0.3 is 15.7 Å². The highest BCUT2D eigenvalue weighted by Gasteiger charge is 2.33. The van der Waals surface area contributed by atoms with Gasteiger partial charge in [-0.05, 0) is 23.6 Å². The van der Waals surface area contributed by atoms with E-state index in [-0.39, 0.29) is 18.9 Å². The zero-order chi connectivity index (χ0) is 16.0. The summed E-state index contributed by atoms with van der Waals surface area (Å²) >= 11 is 0.